The van der Waals surface area contributed by atoms with Gasteiger partial charge in [-0.25, -0.2) is 0 Å². The van der Waals surface area contributed by atoms with Gasteiger partial charge in [-0.15, -0.1) is 0 Å². The van der Waals surface area contributed by atoms with Gasteiger partial charge >= 0.3 is 0 Å². The molecule has 28 heavy (non-hydrogen) atoms. The lowest BCUT2D eigenvalue weighted by molar-refractivity contribution is 0.102. The number of aromatic amines is 1. The van der Waals surface area contributed by atoms with E-state index in [4.69, 9.17) is 4.74 Å². The maximum absolute atomic E-state index is 12.7. The molecule has 4 rings (SSSR count). The van der Waals surface area contributed by atoms with Gasteiger partial charge in [-0.05, 0) is 48.7 Å². The van der Waals surface area contributed by atoms with Crippen LogP contribution in [0.2, 0.25) is 0 Å². The number of hydrogen-bond acceptors (Lipinski definition) is 3. The van der Waals surface area contributed by atoms with Crippen LogP contribution in [-0.2, 0) is 0 Å². The number of aromatic nitrogens is 1. The highest BCUT2D eigenvalue weighted by molar-refractivity contribution is 6.05. The van der Waals surface area contributed by atoms with Crippen molar-refractivity contribution in [1.29, 1.82) is 0 Å². The van der Waals surface area contributed by atoms with Crippen LogP contribution >= 0.6 is 0 Å². The first-order valence-corrected chi connectivity index (χ1v) is 8.87. The summed E-state index contributed by atoms with van der Waals surface area (Å²) < 4.78 is 5.91. The molecule has 138 valence electrons. The van der Waals surface area contributed by atoms with Gasteiger partial charge in [0.05, 0.1) is 5.69 Å². The molecule has 0 aliphatic heterocycles. The van der Waals surface area contributed by atoms with Crippen LogP contribution < -0.4 is 15.6 Å². The minimum absolute atomic E-state index is 0.189. The minimum atomic E-state index is -0.414. The summed E-state index contributed by atoms with van der Waals surface area (Å²) >= 11 is 0. The second-order valence-electron chi connectivity index (χ2n) is 6.46. The summed E-state index contributed by atoms with van der Waals surface area (Å²) in [5.74, 6) is 0.775. The molecule has 0 unspecified atom stereocenters. The molecule has 3 aromatic carbocycles. The van der Waals surface area contributed by atoms with Gasteiger partial charge in [-0.3, -0.25) is 9.59 Å². The lowest BCUT2D eigenvalue weighted by Gasteiger charge is -2.12. The number of carbonyl (C=O) groups excluding carboxylic acids is 1. The number of nitrogens with one attached hydrogen (secondary N) is 2. The zero-order valence-corrected chi connectivity index (χ0v) is 15.2. The maximum Gasteiger partial charge on any atom is 0.272 e. The Morgan fingerprint density at radius 2 is 1.64 bits per heavy atom. The quantitative estimate of drug-likeness (QED) is 0.538. The van der Waals surface area contributed by atoms with Crippen LogP contribution in [-0.4, -0.2) is 10.9 Å². The fourth-order valence-corrected chi connectivity index (χ4v) is 2.92. The van der Waals surface area contributed by atoms with E-state index in [2.05, 4.69) is 10.3 Å². The van der Waals surface area contributed by atoms with Crippen molar-refractivity contribution >= 4 is 22.4 Å². The number of ether oxygens (including phenoxy) is 1. The van der Waals surface area contributed by atoms with Gasteiger partial charge in [0, 0.05) is 5.39 Å². The Morgan fingerprint density at radius 3 is 2.46 bits per heavy atom. The molecule has 5 nitrogen and oxygen atoms in total. The van der Waals surface area contributed by atoms with Crippen molar-refractivity contribution in [2.24, 2.45) is 0 Å². The second-order valence-corrected chi connectivity index (χ2v) is 6.46. The Balaban J connectivity index is 1.62. The van der Waals surface area contributed by atoms with Crippen LogP contribution in [0, 0.1) is 6.92 Å². The molecule has 4 aromatic rings. The first-order valence-electron chi connectivity index (χ1n) is 8.87. The van der Waals surface area contributed by atoms with E-state index in [1.54, 1.807) is 42.5 Å². The number of aryl methyl sites for hydroxylation is 1. The third kappa shape index (κ3) is 3.64. The molecule has 1 amide bonds. The number of benzene rings is 3. The van der Waals surface area contributed by atoms with Crippen LogP contribution in [0.3, 0.4) is 0 Å². The number of para-hydroxylation sites is 2. The molecular weight excluding hydrogens is 352 g/mol. The van der Waals surface area contributed by atoms with Crippen molar-refractivity contribution in [3.05, 3.63) is 100 Å². The van der Waals surface area contributed by atoms with Crippen molar-refractivity contribution in [2.45, 2.75) is 6.92 Å². The van der Waals surface area contributed by atoms with Gasteiger partial charge in [-0.2, -0.15) is 0 Å². The highest BCUT2D eigenvalue weighted by Crippen LogP contribution is 2.29. The number of carbonyl (C=O) groups is 1. The number of anilines is 1. The first-order chi connectivity index (χ1) is 13.6. The van der Waals surface area contributed by atoms with Crippen LogP contribution in [0.25, 0.3) is 10.8 Å². The molecule has 0 fully saturated rings. The predicted molar refractivity (Wildman–Crippen MR) is 110 cm³/mol. The van der Waals surface area contributed by atoms with E-state index in [1.165, 1.54) is 0 Å². The molecule has 1 aromatic heterocycles. The van der Waals surface area contributed by atoms with E-state index in [1.807, 2.05) is 43.3 Å². The zero-order chi connectivity index (χ0) is 19.5. The smallest absolute Gasteiger partial charge is 0.272 e. The second kappa shape index (κ2) is 7.40. The van der Waals surface area contributed by atoms with E-state index < -0.39 is 5.91 Å². The summed E-state index contributed by atoms with van der Waals surface area (Å²) in [5.41, 5.74) is 1.54. The summed E-state index contributed by atoms with van der Waals surface area (Å²) in [7, 11) is 0. The molecule has 0 aliphatic rings. The van der Waals surface area contributed by atoms with Crippen LogP contribution in [0.15, 0.2) is 83.7 Å². The Labute approximate surface area is 161 Å². The van der Waals surface area contributed by atoms with Gasteiger partial charge in [0.15, 0.2) is 5.75 Å². The molecule has 0 bridgehead atoms. The Kier molecular flexibility index (Phi) is 4.64. The number of pyridine rings is 1. The third-order valence-electron chi connectivity index (χ3n) is 4.38. The summed E-state index contributed by atoms with van der Waals surface area (Å²) in [6, 6.07) is 23.6. The summed E-state index contributed by atoms with van der Waals surface area (Å²) in [6.07, 6.45) is 0. The largest absolute Gasteiger partial charge is 0.455 e. The highest BCUT2D eigenvalue weighted by Gasteiger charge is 2.13. The van der Waals surface area contributed by atoms with E-state index in [9.17, 15) is 9.59 Å². The Hall–Kier alpha value is -3.86. The lowest BCUT2D eigenvalue weighted by Crippen LogP contribution is -2.19. The van der Waals surface area contributed by atoms with Crippen molar-refractivity contribution in [2.75, 3.05) is 5.32 Å². The molecular formula is C23H18N2O3. The van der Waals surface area contributed by atoms with Crippen LogP contribution in [0.1, 0.15) is 16.1 Å². The van der Waals surface area contributed by atoms with Gasteiger partial charge in [0.25, 0.3) is 11.5 Å². The molecule has 0 radical (unpaired) electrons. The third-order valence-corrected chi connectivity index (χ3v) is 4.38. The van der Waals surface area contributed by atoms with E-state index in [-0.39, 0.29) is 11.3 Å². The highest BCUT2D eigenvalue weighted by atomic mass is 16.5. The monoisotopic (exact) mass is 370 g/mol. The average Bonchev–Trinajstić information content (AvgIpc) is 2.71. The molecule has 2 N–H and O–H groups in total. The van der Waals surface area contributed by atoms with E-state index in [0.29, 0.717) is 28.0 Å². The van der Waals surface area contributed by atoms with Crippen molar-refractivity contribution in [3.63, 3.8) is 0 Å². The number of rotatable bonds is 4. The topological polar surface area (TPSA) is 71.2 Å². The van der Waals surface area contributed by atoms with Crippen molar-refractivity contribution < 1.29 is 9.53 Å². The SMILES string of the molecule is Cc1ccc(Oc2ccccc2NC(=O)c2cc3ccccc3c(=O)[nH]2)cc1. The first kappa shape index (κ1) is 17.5. The molecule has 0 atom stereocenters. The summed E-state index contributed by atoms with van der Waals surface area (Å²) in [4.78, 5) is 27.6. The lowest BCUT2D eigenvalue weighted by atomic mass is 10.1. The fraction of sp³-hybridized carbons (Fsp3) is 0.0435. The molecule has 5 heteroatoms. The number of amides is 1. The zero-order valence-electron chi connectivity index (χ0n) is 15.2. The molecule has 1 heterocycles. The van der Waals surface area contributed by atoms with E-state index >= 15 is 0 Å². The molecule has 0 spiro atoms. The van der Waals surface area contributed by atoms with Gasteiger partial charge in [-0.1, -0.05) is 48.0 Å². The Bertz CT molecular complexity index is 1210. The van der Waals surface area contributed by atoms with Crippen LogP contribution in [0.4, 0.5) is 5.69 Å². The fourth-order valence-electron chi connectivity index (χ4n) is 2.92. The number of hydrogen-bond donors (Lipinski definition) is 2. The van der Waals surface area contributed by atoms with E-state index in [0.717, 1.165) is 5.56 Å². The average molecular weight is 370 g/mol. The van der Waals surface area contributed by atoms with Crippen molar-refractivity contribution in [3.8, 4) is 11.5 Å². The maximum atomic E-state index is 12.7. The summed E-state index contributed by atoms with van der Waals surface area (Å²) in [6.45, 7) is 2.00. The molecule has 0 aliphatic carbocycles. The molecule has 0 saturated carbocycles. The Morgan fingerprint density at radius 1 is 0.929 bits per heavy atom. The molecule has 0 saturated heterocycles. The van der Waals surface area contributed by atoms with Crippen LogP contribution in [0.5, 0.6) is 11.5 Å². The van der Waals surface area contributed by atoms with Gasteiger partial charge in [0.2, 0.25) is 0 Å². The minimum Gasteiger partial charge on any atom is -0.455 e. The summed E-state index contributed by atoms with van der Waals surface area (Å²) in [5, 5.41) is 4.07. The number of fused-ring (bicyclic) bond motifs is 1. The van der Waals surface area contributed by atoms with Gasteiger partial charge in [0.1, 0.15) is 11.4 Å². The number of H-pyrrole nitrogens is 1. The normalized spacial score (nSPS) is 10.6. The van der Waals surface area contributed by atoms with Gasteiger partial charge < -0.3 is 15.0 Å². The van der Waals surface area contributed by atoms with Crippen molar-refractivity contribution in [1.82, 2.24) is 4.98 Å². The predicted octanol–water partition coefficient (Wildman–Crippen LogP) is 4.88. The standard InChI is InChI=1S/C23H18N2O3/c1-15-10-12-17(13-11-15)28-21-9-5-4-8-19(21)24-23(27)20-14-16-6-2-3-7-18(16)22(26)25-20/h2-14H,1H3,(H,24,27)(H,25,26).